The van der Waals surface area contributed by atoms with Gasteiger partial charge in [0.25, 0.3) is 0 Å². The predicted molar refractivity (Wildman–Crippen MR) is 75.2 cm³/mol. The van der Waals surface area contributed by atoms with Crippen molar-refractivity contribution in [2.45, 2.75) is 38.8 Å². The van der Waals surface area contributed by atoms with E-state index in [1.165, 1.54) is 5.56 Å². The summed E-state index contributed by atoms with van der Waals surface area (Å²) >= 11 is 0. The molecule has 0 amide bonds. The van der Waals surface area contributed by atoms with Crippen LogP contribution in [0.4, 0.5) is 0 Å². The smallest absolute Gasteiger partial charge is 0.123 e. The van der Waals surface area contributed by atoms with Crippen LogP contribution in [0.25, 0.3) is 0 Å². The Bertz CT molecular complexity index is 340. The first-order chi connectivity index (χ1) is 8.75. The highest BCUT2D eigenvalue weighted by Gasteiger charge is 2.21. The minimum Gasteiger partial charge on any atom is -0.488 e. The molecule has 1 aliphatic rings. The number of rotatable bonds is 7. The maximum absolute atomic E-state index is 5.87. The summed E-state index contributed by atoms with van der Waals surface area (Å²) in [7, 11) is 0. The first-order valence-electron chi connectivity index (χ1n) is 6.94. The van der Waals surface area contributed by atoms with E-state index in [9.17, 15) is 0 Å². The molecule has 0 bridgehead atoms. The fraction of sp³-hybridized carbons (Fsp3) is 0.600. The summed E-state index contributed by atoms with van der Waals surface area (Å²) in [4.78, 5) is 0. The molecule has 0 spiro atoms. The summed E-state index contributed by atoms with van der Waals surface area (Å²) in [5, 5.41) is 6.89. The monoisotopic (exact) mass is 248 g/mol. The van der Waals surface area contributed by atoms with E-state index >= 15 is 0 Å². The third-order valence-corrected chi connectivity index (χ3v) is 3.17. The van der Waals surface area contributed by atoms with Gasteiger partial charge in [-0.3, -0.25) is 0 Å². The highest BCUT2D eigenvalue weighted by Crippen LogP contribution is 2.27. The molecule has 0 radical (unpaired) electrons. The fourth-order valence-corrected chi connectivity index (χ4v) is 2.23. The van der Waals surface area contributed by atoms with Crippen molar-refractivity contribution < 1.29 is 4.74 Å². The topological polar surface area (TPSA) is 33.3 Å². The molecule has 0 saturated heterocycles. The molecule has 3 nitrogen and oxygen atoms in total. The molecule has 1 aliphatic heterocycles. The largest absolute Gasteiger partial charge is 0.488 e. The Labute approximate surface area is 110 Å². The van der Waals surface area contributed by atoms with Crippen molar-refractivity contribution in [3.05, 3.63) is 29.8 Å². The quantitative estimate of drug-likeness (QED) is 0.724. The zero-order valence-corrected chi connectivity index (χ0v) is 11.4. The summed E-state index contributed by atoms with van der Waals surface area (Å²) in [6, 6.07) is 8.91. The lowest BCUT2D eigenvalue weighted by Gasteiger charge is -2.12. The van der Waals surface area contributed by atoms with Gasteiger partial charge in [0.15, 0.2) is 0 Å². The number of hydrogen-bond donors (Lipinski definition) is 2. The molecule has 1 heterocycles. The van der Waals surface area contributed by atoms with Gasteiger partial charge in [0.2, 0.25) is 0 Å². The number of ether oxygens (including phenoxy) is 1. The zero-order valence-electron chi connectivity index (χ0n) is 11.4. The molecule has 1 unspecified atom stereocenters. The summed E-state index contributed by atoms with van der Waals surface area (Å²) < 4.78 is 5.87. The second kappa shape index (κ2) is 6.76. The average molecular weight is 248 g/mol. The number of hydrogen-bond acceptors (Lipinski definition) is 3. The van der Waals surface area contributed by atoms with Crippen LogP contribution in [0.15, 0.2) is 24.3 Å². The highest BCUT2D eigenvalue weighted by atomic mass is 16.5. The molecule has 0 aliphatic carbocycles. The number of fused-ring (bicyclic) bond motifs is 1. The standard InChI is InChI=1S/C15H24N2O/c1-12(2)17-9-5-8-16-11-14-10-13-6-3-4-7-15(13)18-14/h3-4,6-7,12,14,16-17H,5,8-11H2,1-2H3. The SMILES string of the molecule is CC(C)NCCCNCC1Cc2ccccc2O1. The van der Waals surface area contributed by atoms with Gasteiger partial charge in [0.05, 0.1) is 0 Å². The van der Waals surface area contributed by atoms with Gasteiger partial charge in [-0.05, 0) is 31.1 Å². The molecule has 18 heavy (non-hydrogen) atoms. The van der Waals surface area contributed by atoms with Crippen LogP contribution in [0.3, 0.4) is 0 Å². The van der Waals surface area contributed by atoms with Crippen LogP contribution >= 0.6 is 0 Å². The van der Waals surface area contributed by atoms with Crippen LogP contribution in [-0.4, -0.2) is 31.8 Å². The van der Waals surface area contributed by atoms with Gasteiger partial charge in [-0.15, -0.1) is 0 Å². The summed E-state index contributed by atoms with van der Waals surface area (Å²) in [6.45, 7) is 7.43. The van der Waals surface area contributed by atoms with E-state index < -0.39 is 0 Å². The van der Waals surface area contributed by atoms with Crippen molar-refractivity contribution in [1.29, 1.82) is 0 Å². The van der Waals surface area contributed by atoms with Crippen molar-refractivity contribution >= 4 is 0 Å². The molecule has 100 valence electrons. The maximum Gasteiger partial charge on any atom is 0.123 e. The van der Waals surface area contributed by atoms with Gasteiger partial charge in [-0.25, -0.2) is 0 Å². The molecule has 3 heteroatoms. The van der Waals surface area contributed by atoms with Crippen molar-refractivity contribution in [2.75, 3.05) is 19.6 Å². The van der Waals surface area contributed by atoms with Gasteiger partial charge in [0.1, 0.15) is 11.9 Å². The van der Waals surface area contributed by atoms with E-state index in [0.717, 1.165) is 38.2 Å². The maximum atomic E-state index is 5.87. The Kier molecular flexibility index (Phi) is 5.02. The second-order valence-corrected chi connectivity index (χ2v) is 5.22. The first-order valence-corrected chi connectivity index (χ1v) is 6.94. The van der Waals surface area contributed by atoms with Crippen molar-refractivity contribution in [1.82, 2.24) is 10.6 Å². The van der Waals surface area contributed by atoms with E-state index in [1.54, 1.807) is 0 Å². The number of benzene rings is 1. The Balaban J connectivity index is 1.57. The van der Waals surface area contributed by atoms with Crippen LogP contribution in [0.5, 0.6) is 5.75 Å². The van der Waals surface area contributed by atoms with Gasteiger partial charge in [-0.1, -0.05) is 32.0 Å². The molecule has 1 aromatic carbocycles. The summed E-state index contributed by atoms with van der Waals surface area (Å²) in [6.07, 6.45) is 2.51. The average Bonchev–Trinajstić information content (AvgIpc) is 2.75. The Hall–Kier alpha value is -1.06. The van der Waals surface area contributed by atoms with E-state index in [2.05, 4.69) is 42.7 Å². The Morgan fingerprint density at radius 3 is 2.89 bits per heavy atom. The van der Waals surface area contributed by atoms with Crippen LogP contribution in [0.2, 0.25) is 0 Å². The highest BCUT2D eigenvalue weighted by molar-refractivity contribution is 5.37. The molecule has 2 rings (SSSR count). The lowest BCUT2D eigenvalue weighted by Crippen LogP contribution is -2.32. The minimum absolute atomic E-state index is 0.306. The van der Waals surface area contributed by atoms with E-state index in [4.69, 9.17) is 4.74 Å². The van der Waals surface area contributed by atoms with Crippen molar-refractivity contribution in [3.8, 4) is 5.75 Å². The number of nitrogens with one attached hydrogen (secondary N) is 2. The van der Waals surface area contributed by atoms with Gasteiger partial charge >= 0.3 is 0 Å². The summed E-state index contributed by atoms with van der Waals surface area (Å²) in [5.41, 5.74) is 1.34. The second-order valence-electron chi connectivity index (χ2n) is 5.22. The molecule has 2 N–H and O–H groups in total. The van der Waals surface area contributed by atoms with Gasteiger partial charge in [0, 0.05) is 19.0 Å². The van der Waals surface area contributed by atoms with Crippen molar-refractivity contribution in [3.63, 3.8) is 0 Å². The normalized spacial score (nSPS) is 17.8. The van der Waals surface area contributed by atoms with E-state index in [-0.39, 0.29) is 0 Å². The molecule has 0 fully saturated rings. The number of para-hydroxylation sites is 1. The van der Waals surface area contributed by atoms with Crippen LogP contribution in [0.1, 0.15) is 25.8 Å². The third kappa shape index (κ3) is 4.00. The lowest BCUT2D eigenvalue weighted by molar-refractivity contribution is 0.227. The zero-order chi connectivity index (χ0) is 12.8. The van der Waals surface area contributed by atoms with Crippen molar-refractivity contribution in [2.24, 2.45) is 0 Å². The summed E-state index contributed by atoms with van der Waals surface area (Å²) in [5.74, 6) is 1.06. The predicted octanol–water partition coefficient (Wildman–Crippen LogP) is 1.97. The van der Waals surface area contributed by atoms with Crippen LogP contribution < -0.4 is 15.4 Å². The first kappa shape index (κ1) is 13.4. The van der Waals surface area contributed by atoms with E-state index in [0.29, 0.717) is 12.1 Å². The minimum atomic E-state index is 0.306. The Morgan fingerprint density at radius 1 is 1.28 bits per heavy atom. The van der Waals surface area contributed by atoms with Crippen LogP contribution in [-0.2, 0) is 6.42 Å². The lowest BCUT2D eigenvalue weighted by atomic mass is 10.1. The van der Waals surface area contributed by atoms with E-state index in [1.807, 2.05) is 6.07 Å². The third-order valence-electron chi connectivity index (χ3n) is 3.17. The Morgan fingerprint density at radius 2 is 2.11 bits per heavy atom. The molecule has 0 aromatic heterocycles. The fourth-order valence-electron chi connectivity index (χ4n) is 2.23. The van der Waals surface area contributed by atoms with Gasteiger partial charge < -0.3 is 15.4 Å². The molecular formula is C15H24N2O. The molecule has 0 saturated carbocycles. The van der Waals surface area contributed by atoms with Gasteiger partial charge in [-0.2, -0.15) is 0 Å². The molecule has 1 atom stereocenters. The van der Waals surface area contributed by atoms with Crippen LogP contribution in [0, 0.1) is 0 Å². The molecular weight excluding hydrogens is 224 g/mol. The molecule has 1 aromatic rings.